The summed E-state index contributed by atoms with van der Waals surface area (Å²) < 4.78 is 10.4. The van der Waals surface area contributed by atoms with E-state index in [9.17, 15) is 4.79 Å². The van der Waals surface area contributed by atoms with Crippen molar-refractivity contribution in [2.24, 2.45) is 0 Å². The molecule has 0 unspecified atom stereocenters. The van der Waals surface area contributed by atoms with Crippen LogP contribution in [0.5, 0.6) is 5.75 Å². The predicted octanol–water partition coefficient (Wildman–Crippen LogP) is 2.11. The van der Waals surface area contributed by atoms with E-state index >= 15 is 0 Å². The molecule has 0 saturated heterocycles. The minimum absolute atomic E-state index is 0.131. The third-order valence-corrected chi connectivity index (χ3v) is 2.17. The Balaban J connectivity index is 2.65. The summed E-state index contributed by atoms with van der Waals surface area (Å²) in [4.78, 5) is 11.3. The number of hydrogen-bond donors (Lipinski definition) is 0. The lowest BCUT2D eigenvalue weighted by Gasteiger charge is -2.05. The van der Waals surface area contributed by atoms with Crippen molar-refractivity contribution in [3.05, 3.63) is 40.2 Å². The van der Waals surface area contributed by atoms with E-state index < -0.39 is 5.63 Å². The number of ether oxygens (including phenoxy) is 1. The van der Waals surface area contributed by atoms with Crippen molar-refractivity contribution in [2.45, 2.75) is 6.92 Å². The maximum Gasteiger partial charge on any atom is 0.339 e. The lowest BCUT2D eigenvalue weighted by molar-refractivity contribution is 0.370. The van der Waals surface area contributed by atoms with Gasteiger partial charge in [0.2, 0.25) is 0 Å². The van der Waals surface area contributed by atoms with Crippen LogP contribution >= 0.6 is 0 Å². The van der Waals surface area contributed by atoms with Gasteiger partial charge in [-0.1, -0.05) is 17.6 Å². The molecule has 0 radical (unpaired) electrons. The summed E-state index contributed by atoms with van der Waals surface area (Å²) >= 11 is 0. The summed E-state index contributed by atoms with van der Waals surface area (Å²) in [7, 11) is 0. The Hall–Kier alpha value is -2.21. The van der Waals surface area contributed by atoms with Crippen LogP contribution in [0.25, 0.3) is 11.0 Å². The van der Waals surface area contributed by atoms with Crippen molar-refractivity contribution in [1.82, 2.24) is 0 Å². The van der Waals surface area contributed by atoms with E-state index in [0.717, 1.165) is 10.9 Å². The maximum atomic E-state index is 11.3. The van der Waals surface area contributed by atoms with E-state index in [4.69, 9.17) is 15.6 Å². The minimum atomic E-state index is -0.441. The first kappa shape index (κ1) is 10.3. The molecule has 1 heterocycles. The topological polar surface area (TPSA) is 39.4 Å². The summed E-state index contributed by atoms with van der Waals surface area (Å²) in [6.07, 6.45) is 5.11. The Morgan fingerprint density at radius 1 is 1.44 bits per heavy atom. The number of aryl methyl sites for hydroxylation is 1. The molecule has 0 fully saturated rings. The molecule has 2 aromatic rings. The molecule has 0 spiro atoms. The zero-order valence-corrected chi connectivity index (χ0v) is 8.82. The number of terminal acetylenes is 1. The number of hydrogen-bond acceptors (Lipinski definition) is 3. The van der Waals surface area contributed by atoms with E-state index in [1.54, 1.807) is 6.07 Å². The van der Waals surface area contributed by atoms with Gasteiger partial charge in [-0.2, -0.15) is 0 Å². The normalized spacial score (nSPS) is 10.0. The molecule has 0 aliphatic heterocycles. The fourth-order valence-electron chi connectivity index (χ4n) is 1.49. The van der Waals surface area contributed by atoms with Crippen LogP contribution in [0.4, 0.5) is 0 Å². The molecule has 0 aliphatic carbocycles. The van der Waals surface area contributed by atoms with Crippen LogP contribution in [-0.2, 0) is 0 Å². The summed E-state index contributed by atoms with van der Waals surface area (Å²) in [5, 5.41) is 0.759. The molecule has 1 aromatic carbocycles. The van der Waals surface area contributed by atoms with Gasteiger partial charge in [0.1, 0.15) is 17.9 Å². The van der Waals surface area contributed by atoms with Crippen molar-refractivity contribution in [3.8, 4) is 18.1 Å². The van der Waals surface area contributed by atoms with E-state index in [1.807, 2.05) is 19.1 Å². The second-order valence-corrected chi connectivity index (χ2v) is 3.42. The van der Waals surface area contributed by atoms with Crippen LogP contribution in [-0.4, -0.2) is 6.61 Å². The molecular formula is C13H10O3. The molecule has 2 rings (SSSR count). The predicted molar refractivity (Wildman–Crippen MR) is 61.5 cm³/mol. The van der Waals surface area contributed by atoms with Crippen LogP contribution in [0.1, 0.15) is 5.56 Å². The Morgan fingerprint density at radius 3 is 3.00 bits per heavy atom. The Labute approximate surface area is 92.7 Å². The Kier molecular flexibility index (Phi) is 2.65. The van der Waals surface area contributed by atoms with Gasteiger partial charge in [0, 0.05) is 0 Å². The smallest absolute Gasteiger partial charge is 0.339 e. The first-order valence-electron chi connectivity index (χ1n) is 4.81. The van der Waals surface area contributed by atoms with Crippen molar-refractivity contribution >= 4 is 11.0 Å². The number of benzene rings is 1. The van der Waals surface area contributed by atoms with Gasteiger partial charge in [0.25, 0.3) is 0 Å². The Bertz CT molecular complexity index is 617. The van der Waals surface area contributed by atoms with Crippen molar-refractivity contribution in [3.63, 3.8) is 0 Å². The van der Waals surface area contributed by atoms with Gasteiger partial charge >= 0.3 is 5.63 Å². The molecule has 3 heteroatoms. The van der Waals surface area contributed by atoms with Gasteiger partial charge in [0.15, 0.2) is 0 Å². The van der Waals surface area contributed by atoms with E-state index in [1.165, 1.54) is 6.07 Å². The van der Waals surface area contributed by atoms with Crippen molar-refractivity contribution in [1.29, 1.82) is 0 Å². The van der Waals surface area contributed by atoms with Crippen LogP contribution in [0.2, 0.25) is 0 Å². The highest BCUT2D eigenvalue weighted by atomic mass is 16.5. The Morgan fingerprint density at radius 2 is 2.25 bits per heavy atom. The molecular weight excluding hydrogens is 204 g/mol. The van der Waals surface area contributed by atoms with Gasteiger partial charge in [-0.3, -0.25) is 0 Å². The monoisotopic (exact) mass is 214 g/mol. The lowest BCUT2D eigenvalue weighted by atomic mass is 10.1. The molecule has 3 nitrogen and oxygen atoms in total. The number of fused-ring (bicyclic) bond motifs is 1. The zero-order chi connectivity index (χ0) is 11.5. The summed E-state index contributed by atoms with van der Waals surface area (Å²) in [5.74, 6) is 2.83. The summed E-state index contributed by atoms with van der Waals surface area (Å²) in [5.41, 5.74) is 1.13. The van der Waals surface area contributed by atoms with Gasteiger partial charge in [-0.25, -0.2) is 4.79 Å². The molecule has 0 N–H and O–H groups in total. The molecule has 16 heavy (non-hydrogen) atoms. The minimum Gasteiger partial charge on any atom is -0.480 e. The standard InChI is InChI=1S/C13H10O3/c1-3-6-15-12-8-13(14)16-11-5-4-9(2)7-10(11)12/h1,4-5,7-8H,6H2,2H3. The lowest BCUT2D eigenvalue weighted by Crippen LogP contribution is -2.01. The van der Waals surface area contributed by atoms with Gasteiger partial charge in [-0.15, -0.1) is 6.42 Å². The molecule has 0 amide bonds. The zero-order valence-electron chi connectivity index (χ0n) is 8.82. The second-order valence-electron chi connectivity index (χ2n) is 3.42. The first-order chi connectivity index (χ1) is 7.70. The van der Waals surface area contributed by atoms with E-state index in [2.05, 4.69) is 5.92 Å². The average Bonchev–Trinajstić information content (AvgIpc) is 2.26. The third kappa shape index (κ3) is 1.91. The van der Waals surface area contributed by atoms with Crippen LogP contribution in [0.3, 0.4) is 0 Å². The third-order valence-electron chi connectivity index (χ3n) is 2.17. The SMILES string of the molecule is C#CCOc1cc(=O)oc2ccc(C)cc12. The second kappa shape index (κ2) is 4.11. The van der Waals surface area contributed by atoms with Gasteiger partial charge in [0.05, 0.1) is 11.5 Å². The number of rotatable bonds is 2. The van der Waals surface area contributed by atoms with Crippen LogP contribution < -0.4 is 10.4 Å². The largest absolute Gasteiger partial charge is 0.480 e. The molecule has 0 aliphatic rings. The molecule has 0 atom stereocenters. The first-order valence-corrected chi connectivity index (χ1v) is 4.81. The fourth-order valence-corrected chi connectivity index (χ4v) is 1.49. The van der Waals surface area contributed by atoms with Crippen molar-refractivity contribution < 1.29 is 9.15 Å². The van der Waals surface area contributed by atoms with Gasteiger partial charge < -0.3 is 9.15 Å². The molecule has 0 bridgehead atoms. The maximum absolute atomic E-state index is 11.3. The molecule has 0 saturated carbocycles. The van der Waals surface area contributed by atoms with Crippen molar-refractivity contribution in [2.75, 3.05) is 6.61 Å². The highest BCUT2D eigenvalue weighted by Crippen LogP contribution is 2.24. The highest BCUT2D eigenvalue weighted by Gasteiger charge is 2.06. The average molecular weight is 214 g/mol. The van der Waals surface area contributed by atoms with E-state index in [0.29, 0.717) is 11.3 Å². The van der Waals surface area contributed by atoms with E-state index in [-0.39, 0.29) is 6.61 Å². The molecule has 80 valence electrons. The summed E-state index contributed by atoms with van der Waals surface area (Å²) in [6, 6.07) is 6.81. The quantitative estimate of drug-likeness (QED) is 0.567. The van der Waals surface area contributed by atoms with Crippen LogP contribution in [0.15, 0.2) is 33.5 Å². The fraction of sp³-hybridized carbons (Fsp3) is 0.154. The van der Waals surface area contributed by atoms with Gasteiger partial charge in [-0.05, 0) is 19.1 Å². The molecule has 1 aromatic heterocycles. The van der Waals surface area contributed by atoms with Crippen LogP contribution in [0, 0.1) is 19.3 Å². The summed E-state index contributed by atoms with van der Waals surface area (Å²) in [6.45, 7) is 2.09. The highest BCUT2D eigenvalue weighted by molar-refractivity contribution is 5.83.